The second kappa shape index (κ2) is 8.76. The van der Waals surface area contributed by atoms with Gasteiger partial charge in [-0.1, -0.05) is 29.5 Å². The molecule has 1 aliphatic heterocycles. The molecule has 0 aliphatic carbocycles. The SMILES string of the molecule is Cc1ccccc1NC(=O)N1CCC[C@@H]1c1nnc(C(=O)Nc2ccc(F)c(F)c2)s1. The predicted octanol–water partition coefficient (Wildman–Crippen LogP) is 4.75. The number of aromatic nitrogens is 2. The Bertz CT molecular complexity index is 1140. The Hall–Kier alpha value is -3.40. The molecule has 0 spiro atoms. The highest BCUT2D eigenvalue weighted by Crippen LogP contribution is 2.34. The molecule has 7 nitrogen and oxygen atoms in total. The summed E-state index contributed by atoms with van der Waals surface area (Å²) in [6.07, 6.45) is 1.52. The highest BCUT2D eigenvalue weighted by atomic mass is 32.1. The van der Waals surface area contributed by atoms with Gasteiger partial charge in [-0.2, -0.15) is 0 Å². The third-order valence-electron chi connectivity index (χ3n) is 5.00. The predicted molar refractivity (Wildman–Crippen MR) is 113 cm³/mol. The zero-order valence-corrected chi connectivity index (χ0v) is 17.4. The molecular weight excluding hydrogens is 424 g/mol. The summed E-state index contributed by atoms with van der Waals surface area (Å²) >= 11 is 1.07. The zero-order chi connectivity index (χ0) is 22.0. The van der Waals surface area contributed by atoms with Crippen LogP contribution in [0.1, 0.15) is 39.3 Å². The zero-order valence-electron chi connectivity index (χ0n) is 16.6. The van der Waals surface area contributed by atoms with Crippen LogP contribution in [0.2, 0.25) is 0 Å². The number of likely N-dealkylation sites (tertiary alicyclic amines) is 1. The van der Waals surface area contributed by atoms with Crippen LogP contribution in [0, 0.1) is 18.6 Å². The van der Waals surface area contributed by atoms with Crippen molar-refractivity contribution in [3.8, 4) is 0 Å². The third-order valence-corrected chi connectivity index (χ3v) is 6.02. The Morgan fingerprint density at radius 2 is 1.90 bits per heavy atom. The Labute approximate surface area is 181 Å². The lowest BCUT2D eigenvalue weighted by molar-refractivity contribution is 0.102. The highest BCUT2D eigenvalue weighted by molar-refractivity contribution is 7.13. The number of benzene rings is 2. The number of rotatable bonds is 4. The van der Waals surface area contributed by atoms with Crippen LogP contribution in [0.3, 0.4) is 0 Å². The van der Waals surface area contributed by atoms with E-state index < -0.39 is 17.5 Å². The first kappa shape index (κ1) is 20.9. The molecule has 2 aromatic carbocycles. The first-order chi connectivity index (χ1) is 14.9. The molecule has 2 heterocycles. The fraction of sp³-hybridized carbons (Fsp3) is 0.238. The molecular formula is C21H19F2N5O2S. The number of nitrogens with one attached hydrogen (secondary N) is 2. The average Bonchev–Trinajstić information content (AvgIpc) is 3.42. The van der Waals surface area contributed by atoms with Crippen LogP contribution in [-0.4, -0.2) is 33.6 Å². The van der Waals surface area contributed by atoms with E-state index in [1.807, 2.05) is 31.2 Å². The molecule has 31 heavy (non-hydrogen) atoms. The summed E-state index contributed by atoms with van der Waals surface area (Å²) in [5, 5.41) is 14.0. The Kier molecular flexibility index (Phi) is 5.90. The number of carbonyl (C=O) groups is 2. The lowest BCUT2D eigenvalue weighted by atomic mass is 10.2. The minimum Gasteiger partial charge on any atom is -0.320 e. The van der Waals surface area contributed by atoms with Gasteiger partial charge in [-0.15, -0.1) is 10.2 Å². The smallest absolute Gasteiger partial charge is 0.320 e. The normalized spacial score (nSPS) is 15.7. The van der Waals surface area contributed by atoms with E-state index in [4.69, 9.17) is 0 Å². The Morgan fingerprint density at radius 1 is 1.10 bits per heavy atom. The van der Waals surface area contributed by atoms with Crippen molar-refractivity contribution in [1.29, 1.82) is 0 Å². The minimum atomic E-state index is -1.06. The first-order valence-electron chi connectivity index (χ1n) is 9.65. The Balaban J connectivity index is 1.45. The van der Waals surface area contributed by atoms with Crippen LogP contribution in [0.25, 0.3) is 0 Å². The standard InChI is InChI=1S/C21H19F2N5O2S/c1-12-5-2-3-6-16(12)25-21(30)28-10-4-7-17(28)19-26-27-20(31-19)18(29)24-13-8-9-14(22)15(23)11-13/h2-3,5-6,8-9,11,17H,4,7,10H2,1H3,(H,24,29)(H,25,30)/t17-/m1/s1. The summed E-state index contributed by atoms with van der Waals surface area (Å²) in [5.74, 6) is -2.64. The Morgan fingerprint density at radius 3 is 2.68 bits per heavy atom. The molecule has 10 heteroatoms. The number of hydrogen-bond donors (Lipinski definition) is 2. The van der Waals surface area contributed by atoms with E-state index in [1.165, 1.54) is 6.07 Å². The van der Waals surface area contributed by atoms with Crippen molar-refractivity contribution < 1.29 is 18.4 Å². The fourth-order valence-electron chi connectivity index (χ4n) is 3.39. The number of urea groups is 1. The van der Waals surface area contributed by atoms with Gasteiger partial charge in [0.05, 0.1) is 6.04 Å². The summed E-state index contributed by atoms with van der Waals surface area (Å²) in [5.41, 5.74) is 1.81. The number of aryl methyl sites for hydroxylation is 1. The number of carbonyl (C=O) groups excluding carboxylic acids is 2. The lowest BCUT2D eigenvalue weighted by Crippen LogP contribution is -2.34. The molecule has 2 N–H and O–H groups in total. The van der Waals surface area contributed by atoms with Crippen molar-refractivity contribution in [2.45, 2.75) is 25.8 Å². The van der Waals surface area contributed by atoms with Gasteiger partial charge in [-0.05, 0) is 43.5 Å². The molecule has 1 fully saturated rings. The van der Waals surface area contributed by atoms with Crippen LogP contribution in [0.4, 0.5) is 25.0 Å². The molecule has 0 unspecified atom stereocenters. The van der Waals surface area contributed by atoms with Gasteiger partial charge >= 0.3 is 6.03 Å². The molecule has 1 atom stereocenters. The van der Waals surface area contributed by atoms with Gasteiger partial charge in [0.15, 0.2) is 11.6 Å². The van der Waals surface area contributed by atoms with Crippen molar-refractivity contribution in [3.05, 3.63) is 69.7 Å². The summed E-state index contributed by atoms with van der Waals surface area (Å²) < 4.78 is 26.4. The van der Waals surface area contributed by atoms with Gasteiger partial charge in [0, 0.05) is 24.0 Å². The maximum absolute atomic E-state index is 13.3. The van der Waals surface area contributed by atoms with Gasteiger partial charge in [-0.25, -0.2) is 13.6 Å². The third kappa shape index (κ3) is 4.53. The fourth-order valence-corrected chi connectivity index (χ4v) is 4.27. The van der Waals surface area contributed by atoms with Crippen molar-refractivity contribution in [3.63, 3.8) is 0 Å². The molecule has 0 bridgehead atoms. The quantitative estimate of drug-likeness (QED) is 0.609. The maximum atomic E-state index is 13.3. The molecule has 1 saturated heterocycles. The van der Waals surface area contributed by atoms with Gasteiger partial charge in [0.1, 0.15) is 5.01 Å². The van der Waals surface area contributed by atoms with Crippen molar-refractivity contribution in [2.75, 3.05) is 17.2 Å². The molecule has 3 amide bonds. The molecule has 3 aromatic rings. The molecule has 0 saturated carbocycles. The summed E-state index contributed by atoms with van der Waals surface area (Å²) in [7, 11) is 0. The van der Waals surface area contributed by atoms with E-state index in [0.717, 1.165) is 41.1 Å². The van der Waals surface area contributed by atoms with E-state index in [-0.39, 0.29) is 22.8 Å². The number of para-hydroxylation sites is 1. The van der Waals surface area contributed by atoms with Crippen LogP contribution in [0.15, 0.2) is 42.5 Å². The first-order valence-corrected chi connectivity index (χ1v) is 10.5. The molecule has 1 aromatic heterocycles. The monoisotopic (exact) mass is 443 g/mol. The van der Waals surface area contributed by atoms with Crippen LogP contribution in [-0.2, 0) is 0 Å². The summed E-state index contributed by atoms with van der Waals surface area (Å²) in [6, 6.07) is 10.1. The number of halogens is 2. The van der Waals surface area contributed by atoms with Crippen molar-refractivity contribution in [1.82, 2.24) is 15.1 Å². The van der Waals surface area contributed by atoms with E-state index in [0.29, 0.717) is 18.0 Å². The second-order valence-electron chi connectivity index (χ2n) is 7.12. The molecule has 0 radical (unpaired) electrons. The maximum Gasteiger partial charge on any atom is 0.322 e. The van der Waals surface area contributed by atoms with E-state index in [9.17, 15) is 18.4 Å². The number of amides is 3. The molecule has 4 rings (SSSR count). The van der Waals surface area contributed by atoms with Crippen molar-refractivity contribution >= 4 is 34.6 Å². The summed E-state index contributed by atoms with van der Waals surface area (Å²) in [4.78, 5) is 26.9. The van der Waals surface area contributed by atoms with Crippen LogP contribution >= 0.6 is 11.3 Å². The van der Waals surface area contributed by atoms with Crippen molar-refractivity contribution in [2.24, 2.45) is 0 Å². The number of anilines is 2. The lowest BCUT2D eigenvalue weighted by Gasteiger charge is -2.23. The largest absolute Gasteiger partial charge is 0.322 e. The van der Waals surface area contributed by atoms with E-state index >= 15 is 0 Å². The van der Waals surface area contributed by atoms with Crippen LogP contribution < -0.4 is 10.6 Å². The van der Waals surface area contributed by atoms with Crippen LogP contribution in [0.5, 0.6) is 0 Å². The van der Waals surface area contributed by atoms with Gasteiger partial charge < -0.3 is 15.5 Å². The highest BCUT2D eigenvalue weighted by Gasteiger charge is 2.33. The van der Waals surface area contributed by atoms with E-state index in [2.05, 4.69) is 20.8 Å². The minimum absolute atomic E-state index is 0.0749. The summed E-state index contributed by atoms with van der Waals surface area (Å²) in [6.45, 7) is 2.48. The molecule has 1 aliphatic rings. The van der Waals surface area contributed by atoms with Gasteiger partial charge in [0.2, 0.25) is 5.01 Å². The van der Waals surface area contributed by atoms with E-state index in [1.54, 1.807) is 4.90 Å². The molecule has 160 valence electrons. The van der Waals surface area contributed by atoms with Gasteiger partial charge in [0.25, 0.3) is 5.91 Å². The number of hydrogen-bond acceptors (Lipinski definition) is 5. The topological polar surface area (TPSA) is 87.2 Å². The van der Waals surface area contributed by atoms with Gasteiger partial charge in [-0.3, -0.25) is 4.79 Å². The average molecular weight is 443 g/mol. The number of nitrogens with zero attached hydrogens (tertiary/aromatic N) is 3. The second-order valence-corrected chi connectivity index (χ2v) is 8.13.